The van der Waals surface area contributed by atoms with E-state index in [1.54, 1.807) is 18.2 Å². The third kappa shape index (κ3) is 3.10. The van der Waals surface area contributed by atoms with Crippen molar-refractivity contribution in [2.45, 2.75) is 30.8 Å². The Morgan fingerprint density at radius 2 is 1.91 bits per heavy atom. The number of nitrogens with two attached hydrogens (primary N) is 1. The van der Waals surface area contributed by atoms with Gasteiger partial charge < -0.3 is 9.84 Å². The monoisotopic (exact) mass is 333 g/mol. The molecule has 23 heavy (non-hydrogen) atoms. The number of hydrogen-bond donors (Lipinski definition) is 2. The minimum Gasteiger partial charge on any atom is -0.490 e. The van der Waals surface area contributed by atoms with Crippen LogP contribution in [0.5, 0.6) is 5.75 Å². The van der Waals surface area contributed by atoms with Crippen molar-refractivity contribution in [1.82, 2.24) is 0 Å². The van der Waals surface area contributed by atoms with Gasteiger partial charge in [0, 0.05) is 5.56 Å². The molecule has 1 aliphatic rings. The van der Waals surface area contributed by atoms with Crippen molar-refractivity contribution in [2.75, 3.05) is 6.61 Å². The topological polar surface area (TPSA) is 89.6 Å². The highest BCUT2D eigenvalue weighted by molar-refractivity contribution is 7.89. The van der Waals surface area contributed by atoms with Gasteiger partial charge in [0.2, 0.25) is 10.0 Å². The van der Waals surface area contributed by atoms with Gasteiger partial charge in [0.1, 0.15) is 18.5 Å². The SMILES string of the molecule is CC(C)c1cc(-c2ccc3c(c2)OCC3O)cc(S(N)(=O)=O)c1. The Kier molecular flexibility index (Phi) is 3.91. The molecule has 0 aromatic heterocycles. The molecule has 0 fully saturated rings. The summed E-state index contributed by atoms with van der Waals surface area (Å²) in [5.41, 5.74) is 3.23. The molecule has 1 atom stereocenters. The van der Waals surface area contributed by atoms with Crippen molar-refractivity contribution in [3.63, 3.8) is 0 Å². The average molecular weight is 333 g/mol. The van der Waals surface area contributed by atoms with Crippen LogP contribution < -0.4 is 9.88 Å². The van der Waals surface area contributed by atoms with Crippen LogP contribution in [0, 0.1) is 0 Å². The molecule has 0 saturated carbocycles. The molecule has 5 nitrogen and oxygen atoms in total. The smallest absolute Gasteiger partial charge is 0.238 e. The number of sulfonamides is 1. The number of hydrogen-bond acceptors (Lipinski definition) is 4. The zero-order valence-corrected chi connectivity index (χ0v) is 13.8. The second-order valence-electron chi connectivity index (χ2n) is 6.07. The highest BCUT2D eigenvalue weighted by Crippen LogP contribution is 2.37. The molecule has 0 spiro atoms. The van der Waals surface area contributed by atoms with E-state index in [0.29, 0.717) is 5.75 Å². The molecule has 1 heterocycles. The lowest BCUT2D eigenvalue weighted by Crippen LogP contribution is -2.12. The van der Waals surface area contributed by atoms with Crippen molar-refractivity contribution in [2.24, 2.45) is 5.14 Å². The maximum atomic E-state index is 11.7. The van der Waals surface area contributed by atoms with Gasteiger partial charge in [0.15, 0.2) is 0 Å². The first-order chi connectivity index (χ1) is 10.8. The minimum absolute atomic E-state index is 0.0974. The van der Waals surface area contributed by atoms with Crippen molar-refractivity contribution in [1.29, 1.82) is 0 Å². The van der Waals surface area contributed by atoms with Crippen LogP contribution in [0.2, 0.25) is 0 Å². The minimum atomic E-state index is -3.78. The summed E-state index contributed by atoms with van der Waals surface area (Å²) in [6, 6.07) is 10.6. The fourth-order valence-corrected chi connectivity index (χ4v) is 3.25. The standard InChI is InChI=1S/C17H19NO4S/c1-10(2)12-5-13(7-14(6-12)23(18,20)21)11-3-4-15-16(19)9-22-17(15)8-11/h3-8,10,16,19H,9H2,1-2H3,(H2,18,20,21). The van der Waals surface area contributed by atoms with Crippen LogP contribution in [0.1, 0.15) is 37.0 Å². The largest absolute Gasteiger partial charge is 0.490 e. The lowest BCUT2D eigenvalue weighted by molar-refractivity contribution is 0.140. The first-order valence-corrected chi connectivity index (χ1v) is 8.93. The number of rotatable bonds is 3. The normalized spacial score (nSPS) is 17.2. The highest BCUT2D eigenvalue weighted by atomic mass is 32.2. The molecule has 0 aliphatic carbocycles. The van der Waals surface area contributed by atoms with Gasteiger partial charge in [0.25, 0.3) is 0 Å². The third-order valence-corrected chi connectivity index (χ3v) is 4.92. The van der Waals surface area contributed by atoms with Crippen LogP contribution in [0.4, 0.5) is 0 Å². The van der Waals surface area contributed by atoms with Gasteiger partial charge in [-0.1, -0.05) is 32.0 Å². The molecule has 6 heteroatoms. The van der Waals surface area contributed by atoms with E-state index in [-0.39, 0.29) is 17.4 Å². The lowest BCUT2D eigenvalue weighted by Gasteiger charge is -2.12. The van der Waals surface area contributed by atoms with Crippen LogP contribution in [0.25, 0.3) is 11.1 Å². The summed E-state index contributed by atoms with van der Waals surface area (Å²) in [4.78, 5) is 0.0974. The first-order valence-electron chi connectivity index (χ1n) is 7.38. The van der Waals surface area contributed by atoms with E-state index >= 15 is 0 Å². The van der Waals surface area contributed by atoms with Gasteiger partial charge in [-0.05, 0) is 40.8 Å². The second-order valence-corrected chi connectivity index (χ2v) is 7.63. The van der Waals surface area contributed by atoms with Gasteiger partial charge in [-0.25, -0.2) is 13.6 Å². The molecule has 0 radical (unpaired) electrons. The molecule has 3 rings (SSSR count). The van der Waals surface area contributed by atoms with Crippen molar-refractivity contribution in [3.8, 4) is 16.9 Å². The van der Waals surface area contributed by atoms with E-state index in [1.165, 1.54) is 0 Å². The molecule has 122 valence electrons. The van der Waals surface area contributed by atoms with Gasteiger partial charge in [-0.15, -0.1) is 0 Å². The number of aliphatic hydroxyl groups is 1. The summed E-state index contributed by atoms with van der Waals surface area (Å²) in [6.07, 6.45) is -0.610. The number of fused-ring (bicyclic) bond motifs is 1. The van der Waals surface area contributed by atoms with Crippen molar-refractivity contribution >= 4 is 10.0 Å². The van der Waals surface area contributed by atoms with Gasteiger partial charge >= 0.3 is 0 Å². The summed E-state index contributed by atoms with van der Waals surface area (Å²) in [7, 11) is -3.78. The fraction of sp³-hybridized carbons (Fsp3) is 0.294. The Morgan fingerprint density at radius 1 is 1.17 bits per heavy atom. The van der Waals surface area contributed by atoms with Gasteiger partial charge in [-0.2, -0.15) is 0 Å². The van der Waals surface area contributed by atoms with Crippen LogP contribution in [0.3, 0.4) is 0 Å². The van der Waals surface area contributed by atoms with Crippen LogP contribution in [0.15, 0.2) is 41.3 Å². The van der Waals surface area contributed by atoms with Gasteiger partial charge in [0.05, 0.1) is 4.90 Å². The molecular formula is C17H19NO4S. The first kappa shape index (κ1) is 16.0. The molecule has 1 aliphatic heterocycles. The maximum Gasteiger partial charge on any atom is 0.238 e. The molecular weight excluding hydrogens is 314 g/mol. The highest BCUT2D eigenvalue weighted by Gasteiger charge is 2.22. The number of primary sulfonamides is 1. The van der Waals surface area contributed by atoms with Gasteiger partial charge in [-0.3, -0.25) is 0 Å². The Labute approximate surface area is 135 Å². The molecule has 2 aromatic carbocycles. The number of ether oxygens (including phenoxy) is 1. The van der Waals surface area contributed by atoms with E-state index in [0.717, 1.165) is 22.3 Å². The summed E-state index contributed by atoms with van der Waals surface area (Å²) in [6.45, 7) is 4.23. The van der Waals surface area contributed by atoms with E-state index in [9.17, 15) is 13.5 Å². The van der Waals surface area contributed by atoms with Crippen LogP contribution >= 0.6 is 0 Å². The quantitative estimate of drug-likeness (QED) is 0.903. The Hall–Kier alpha value is -1.89. The zero-order chi connectivity index (χ0) is 16.8. The summed E-state index contributed by atoms with van der Waals surface area (Å²) in [5.74, 6) is 0.796. The predicted molar refractivity (Wildman–Crippen MR) is 87.8 cm³/mol. The Balaban J connectivity index is 2.14. The third-order valence-electron chi connectivity index (χ3n) is 4.03. The molecule has 0 bridgehead atoms. The van der Waals surface area contributed by atoms with E-state index in [1.807, 2.05) is 32.0 Å². The lowest BCUT2D eigenvalue weighted by atomic mass is 9.96. The Morgan fingerprint density at radius 3 is 2.57 bits per heavy atom. The number of aliphatic hydroxyl groups excluding tert-OH is 1. The van der Waals surface area contributed by atoms with Crippen molar-refractivity contribution in [3.05, 3.63) is 47.5 Å². The average Bonchev–Trinajstić information content (AvgIpc) is 2.87. The molecule has 0 saturated heterocycles. The second kappa shape index (κ2) is 5.63. The summed E-state index contributed by atoms with van der Waals surface area (Å²) < 4.78 is 28.9. The molecule has 2 aromatic rings. The molecule has 0 amide bonds. The number of benzene rings is 2. The zero-order valence-electron chi connectivity index (χ0n) is 13.0. The summed E-state index contributed by atoms with van der Waals surface area (Å²) >= 11 is 0. The van der Waals surface area contributed by atoms with E-state index in [4.69, 9.17) is 9.88 Å². The summed E-state index contributed by atoms with van der Waals surface area (Å²) in [5, 5.41) is 15.1. The van der Waals surface area contributed by atoms with Crippen LogP contribution in [-0.2, 0) is 10.0 Å². The Bertz CT molecular complexity index is 859. The van der Waals surface area contributed by atoms with Crippen LogP contribution in [-0.4, -0.2) is 20.1 Å². The van der Waals surface area contributed by atoms with E-state index in [2.05, 4.69) is 0 Å². The molecule has 1 unspecified atom stereocenters. The maximum absolute atomic E-state index is 11.7. The molecule has 3 N–H and O–H groups in total. The van der Waals surface area contributed by atoms with Crippen molar-refractivity contribution < 1.29 is 18.3 Å². The fourth-order valence-electron chi connectivity index (χ4n) is 2.66. The van der Waals surface area contributed by atoms with E-state index < -0.39 is 16.1 Å². The predicted octanol–water partition coefficient (Wildman–Crippen LogP) is 2.55.